The zero-order valence-corrected chi connectivity index (χ0v) is 18.7. The standard InChI is InChI=1S/C21H21N5O5S/c1-12-13(2)32-19(18(12)21(29)30-4)22-17(27)11-31-20(28)16(26-14(3)23-24-25-26)10-15-8-6-5-7-9-15/h5-10H,11H2,1-4H3,(H,22,27). The zero-order valence-electron chi connectivity index (χ0n) is 17.9. The van der Waals surface area contributed by atoms with E-state index >= 15 is 0 Å². The number of carbonyl (C=O) groups excluding carboxylic acids is 3. The summed E-state index contributed by atoms with van der Waals surface area (Å²) in [6.45, 7) is 4.66. The molecule has 0 aliphatic rings. The molecule has 0 aliphatic carbocycles. The van der Waals surface area contributed by atoms with Crippen LogP contribution in [0, 0.1) is 20.8 Å². The highest BCUT2D eigenvalue weighted by atomic mass is 32.1. The normalized spacial score (nSPS) is 11.2. The van der Waals surface area contributed by atoms with Crippen LogP contribution in [0.25, 0.3) is 11.8 Å². The van der Waals surface area contributed by atoms with Crippen LogP contribution in [-0.4, -0.2) is 51.8 Å². The van der Waals surface area contributed by atoms with E-state index in [1.54, 1.807) is 32.1 Å². The number of thiophene rings is 1. The fraction of sp³-hybridized carbons (Fsp3) is 0.238. The molecule has 2 aromatic heterocycles. The monoisotopic (exact) mass is 455 g/mol. The van der Waals surface area contributed by atoms with Crippen LogP contribution in [0.5, 0.6) is 0 Å². The summed E-state index contributed by atoms with van der Waals surface area (Å²) < 4.78 is 11.2. The lowest BCUT2D eigenvalue weighted by Gasteiger charge is -2.10. The molecule has 1 amide bonds. The van der Waals surface area contributed by atoms with Crippen molar-refractivity contribution in [3.8, 4) is 0 Å². The van der Waals surface area contributed by atoms with Crippen LogP contribution in [0.1, 0.15) is 32.2 Å². The van der Waals surface area contributed by atoms with Crippen LogP contribution in [0.2, 0.25) is 0 Å². The number of nitrogens with zero attached hydrogens (tertiary/aromatic N) is 4. The molecular weight excluding hydrogens is 434 g/mol. The van der Waals surface area contributed by atoms with Gasteiger partial charge in [-0.1, -0.05) is 30.3 Å². The third kappa shape index (κ3) is 5.06. The fourth-order valence-electron chi connectivity index (χ4n) is 2.80. The van der Waals surface area contributed by atoms with Gasteiger partial charge in [0.25, 0.3) is 5.91 Å². The van der Waals surface area contributed by atoms with Crippen LogP contribution in [0.4, 0.5) is 5.00 Å². The van der Waals surface area contributed by atoms with E-state index in [4.69, 9.17) is 9.47 Å². The maximum atomic E-state index is 12.8. The van der Waals surface area contributed by atoms with Crippen LogP contribution in [0.15, 0.2) is 30.3 Å². The smallest absolute Gasteiger partial charge is 0.357 e. The van der Waals surface area contributed by atoms with Crippen molar-refractivity contribution in [3.05, 3.63) is 57.7 Å². The highest BCUT2D eigenvalue weighted by Crippen LogP contribution is 2.32. The Morgan fingerprint density at radius 2 is 1.88 bits per heavy atom. The summed E-state index contributed by atoms with van der Waals surface area (Å²) in [5.41, 5.74) is 1.77. The van der Waals surface area contributed by atoms with Crippen molar-refractivity contribution < 1.29 is 23.9 Å². The van der Waals surface area contributed by atoms with Gasteiger partial charge in [-0.3, -0.25) is 4.79 Å². The molecule has 0 bridgehead atoms. The van der Waals surface area contributed by atoms with Crippen LogP contribution in [0.3, 0.4) is 0 Å². The van der Waals surface area contributed by atoms with Gasteiger partial charge in [-0.2, -0.15) is 4.68 Å². The van der Waals surface area contributed by atoms with E-state index in [0.717, 1.165) is 16.0 Å². The van der Waals surface area contributed by atoms with Gasteiger partial charge < -0.3 is 14.8 Å². The number of benzene rings is 1. The molecule has 0 aliphatic heterocycles. The minimum absolute atomic E-state index is 0.0459. The van der Waals surface area contributed by atoms with Gasteiger partial charge in [-0.25, -0.2) is 9.59 Å². The van der Waals surface area contributed by atoms with Gasteiger partial charge in [-0.05, 0) is 48.4 Å². The zero-order chi connectivity index (χ0) is 23.3. The molecule has 32 heavy (non-hydrogen) atoms. The number of hydrogen-bond acceptors (Lipinski definition) is 9. The second kappa shape index (κ2) is 9.96. The van der Waals surface area contributed by atoms with E-state index in [1.165, 1.54) is 23.1 Å². The van der Waals surface area contributed by atoms with Crippen molar-refractivity contribution in [2.24, 2.45) is 0 Å². The summed E-state index contributed by atoms with van der Waals surface area (Å²) in [5, 5.41) is 14.1. The molecule has 0 unspecified atom stereocenters. The summed E-state index contributed by atoms with van der Waals surface area (Å²) >= 11 is 1.24. The molecule has 3 rings (SSSR count). The largest absolute Gasteiger partial charge is 0.465 e. The van der Waals surface area contributed by atoms with E-state index in [2.05, 4.69) is 20.8 Å². The number of hydrogen-bond donors (Lipinski definition) is 1. The Morgan fingerprint density at radius 1 is 1.16 bits per heavy atom. The third-order valence-electron chi connectivity index (χ3n) is 4.53. The summed E-state index contributed by atoms with van der Waals surface area (Å²) in [7, 11) is 1.27. The quantitative estimate of drug-likeness (QED) is 0.426. The van der Waals surface area contributed by atoms with Crippen molar-refractivity contribution in [1.82, 2.24) is 20.2 Å². The maximum Gasteiger partial charge on any atom is 0.357 e. The van der Waals surface area contributed by atoms with Gasteiger partial charge in [0.1, 0.15) is 5.00 Å². The van der Waals surface area contributed by atoms with E-state index in [-0.39, 0.29) is 11.3 Å². The number of tetrazole rings is 1. The van der Waals surface area contributed by atoms with Gasteiger partial charge >= 0.3 is 11.9 Å². The number of rotatable bonds is 7. The molecule has 1 aromatic carbocycles. The van der Waals surface area contributed by atoms with E-state index in [0.29, 0.717) is 10.8 Å². The predicted octanol–water partition coefficient (Wildman–Crippen LogP) is 2.63. The Hall–Kier alpha value is -3.86. The number of ether oxygens (including phenoxy) is 2. The number of anilines is 1. The lowest BCUT2D eigenvalue weighted by Crippen LogP contribution is -2.23. The predicted molar refractivity (Wildman–Crippen MR) is 118 cm³/mol. The second-order valence-electron chi connectivity index (χ2n) is 6.68. The molecule has 11 heteroatoms. The first-order valence-electron chi connectivity index (χ1n) is 9.49. The van der Waals surface area contributed by atoms with Crippen molar-refractivity contribution in [1.29, 1.82) is 0 Å². The van der Waals surface area contributed by atoms with E-state index in [1.807, 2.05) is 25.1 Å². The minimum atomic E-state index is -0.786. The van der Waals surface area contributed by atoms with Gasteiger partial charge in [0.2, 0.25) is 0 Å². The molecule has 166 valence electrons. The van der Waals surface area contributed by atoms with Crippen molar-refractivity contribution in [3.63, 3.8) is 0 Å². The van der Waals surface area contributed by atoms with Crippen molar-refractivity contribution in [2.75, 3.05) is 19.0 Å². The lowest BCUT2D eigenvalue weighted by atomic mass is 10.1. The van der Waals surface area contributed by atoms with Crippen LogP contribution in [-0.2, 0) is 19.1 Å². The molecule has 3 aromatic rings. The number of aromatic nitrogens is 4. The van der Waals surface area contributed by atoms with Gasteiger partial charge in [0, 0.05) is 4.88 Å². The topological polar surface area (TPSA) is 125 Å². The minimum Gasteiger partial charge on any atom is -0.465 e. The number of nitrogens with one attached hydrogen (secondary N) is 1. The number of esters is 2. The molecule has 2 heterocycles. The first-order valence-corrected chi connectivity index (χ1v) is 10.3. The molecule has 0 atom stereocenters. The average molecular weight is 455 g/mol. The molecule has 10 nitrogen and oxygen atoms in total. The fourth-order valence-corrected chi connectivity index (χ4v) is 3.86. The molecule has 0 fully saturated rings. The molecule has 1 N–H and O–H groups in total. The first-order chi connectivity index (χ1) is 15.3. The number of amides is 1. The highest BCUT2D eigenvalue weighted by molar-refractivity contribution is 7.16. The lowest BCUT2D eigenvalue weighted by molar-refractivity contribution is -0.141. The summed E-state index contributed by atoms with van der Waals surface area (Å²) in [6.07, 6.45) is 1.56. The van der Waals surface area contributed by atoms with Gasteiger partial charge in [-0.15, -0.1) is 16.4 Å². The molecule has 0 radical (unpaired) electrons. The second-order valence-corrected chi connectivity index (χ2v) is 7.91. The molecule has 0 spiro atoms. The van der Waals surface area contributed by atoms with Crippen LogP contribution < -0.4 is 5.32 Å². The Labute approximate surface area is 187 Å². The SMILES string of the molecule is COC(=O)c1c(NC(=O)COC(=O)C(=Cc2ccccc2)n2nnnc2C)sc(C)c1C. The summed E-state index contributed by atoms with van der Waals surface area (Å²) in [4.78, 5) is 38.1. The maximum absolute atomic E-state index is 12.8. The van der Waals surface area contributed by atoms with E-state index in [9.17, 15) is 14.4 Å². The molecule has 0 saturated heterocycles. The third-order valence-corrected chi connectivity index (χ3v) is 5.65. The number of carbonyl (C=O) groups is 3. The van der Waals surface area contributed by atoms with Crippen molar-refractivity contribution >= 4 is 46.0 Å². The Bertz CT molecular complexity index is 1180. The van der Waals surface area contributed by atoms with Crippen LogP contribution >= 0.6 is 11.3 Å². The Kier molecular flexibility index (Phi) is 7.11. The average Bonchev–Trinajstić information content (AvgIpc) is 3.32. The summed E-state index contributed by atoms with van der Waals surface area (Å²) in [5.74, 6) is -1.56. The van der Waals surface area contributed by atoms with Gasteiger partial charge in [0.15, 0.2) is 18.1 Å². The number of methoxy groups -OCH3 is 1. The number of aryl methyl sites for hydroxylation is 2. The Morgan fingerprint density at radius 3 is 2.50 bits per heavy atom. The van der Waals surface area contributed by atoms with Crippen molar-refractivity contribution in [2.45, 2.75) is 20.8 Å². The van der Waals surface area contributed by atoms with E-state index < -0.39 is 24.5 Å². The highest BCUT2D eigenvalue weighted by Gasteiger charge is 2.23. The molecular formula is C21H21N5O5S. The Balaban J connectivity index is 1.75. The molecule has 0 saturated carbocycles. The van der Waals surface area contributed by atoms with Gasteiger partial charge in [0.05, 0.1) is 12.7 Å². The summed E-state index contributed by atoms with van der Waals surface area (Å²) in [6, 6.07) is 9.08. The first kappa shape index (κ1) is 22.8.